The highest BCUT2D eigenvalue weighted by Crippen LogP contribution is 2.33. The van der Waals surface area contributed by atoms with Gasteiger partial charge in [-0.2, -0.15) is 0 Å². The maximum atomic E-state index is 12.4. The van der Waals surface area contributed by atoms with Crippen molar-refractivity contribution in [3.63, 3.8) is 0 Å². The van der Waals surface area contributed by atoms with E-state index in [4.69, 9.17) is 11.6 Å². The van der Waals surface area contributed by atoms with Gasteiger partial charge in [0.2, 0.25) is 0 Å². The van der Waals surface area contributed by atoms with Crippen LogP contribution in [0.15, 0.2) is 6.07 Å². The smallest absolute Gasteiger partial charge is 0.263 e. The minimum absolute atomic E-state index is 0.00583. The van der Waals surface area contributed by atoms with Gasteiger partial charge in [-0.05, 0) is 51.8 Å². The summed E-state index contributed by atoms with van der Waals surface area (Å²) in [6.07, 6.45) is 2.40. The van der Waals surface area contributed by atoms with Crippen LogP contribution in [0.4, 0.5) is 0 Å². The molecule has 19 heavy (non-hydrogen) atoms. The van der Waals surface area contributed by atoms with E-state index in [9.17, 15) is 4.79 Å². The summed E-state index contributed by atoms with van der Waals surface area (Å²) in [6, 6.07) is 2.57. The van der Waals surface area contributed by atoms with Crippen molar-refractivity contribution in [1.29, 1.82) is 0 Å². The number of piperidine rings is 3. The lowest BCUT2D eigenvalue weighted by molar-refractivity contribution is 0.0218. The lowest BCUT2D eigenvalue weighted by atomic mass is 9.79. The quantitative estimate of drug-likeness (QED) is 0.910. The Morgan fingerprint density at radius 3 is 2.68 bits per heavy atom. The van der Waals surface area contributed by atoms with Crippen molar-refractivity contribution in [1.82, 2.24) is 10.2 Å². The third-order valence-electron chi connectivity index (χ3n) is 4.49. The van der Waals surface area contributed by atoms with Gasteiger partial charge in [0.25, 0.3) is 5.91 Å². The molecule has 3 fully saturated rings. The first-order valence-corrected chi connectivity index (χ1v) is 8.06. The third-order valence-corrected chi connectivity index (χ3v) is 5.95. The number of fused-ring (bicyclic) bond motifs is 3. The first-order valence-electron chi connectivity index (χ1n) is 6.87. The number of carbonyl (C=O) groups is 1. The zero-order valence-electron chi connectivity index (χ0n) is 11.3. The highest BCUT2D eigenvalue weighted by molar-refractivity contribution is 7.14. The molecule has 1 N–H and O–H groups in total. The molecule has 0 radical (unpaired) electrons. The van der Waals surface area contributed by atoms with Crippen molar-refractivity contribution in [2.24, 2.45) is 5.92 Å². The average molecular weight is 299 g/mol. The van der Waals surface area contributed by atoms with Gasteiger partial charge >= 0.3 is 0 Å². The van der Waals surface area contributed by atoms with Crippen molar-refractivity contribution in [3.8, 4) is 0 Å². The first-order chi connectivity index (χ1) is 9.06. The summed E-state index contributed by atoms with van der Waals surface area (Å²) < 4.78 is 0. The van der Waals surface area contributed by atoms with Crippen LogP contribution >= 0.6 is 22.9 Å². The van der Waals surface area contributed by atoms with E-state index >= 15 is 0 Å². The number of aryl methyl sites for hydroxylation is 1. The van der Waals surface area contributed by atoms with Crippen molar-refractivity contribution >= 4 is 28.8 Å². The Balaban J connectivity index is 1.74. The Kier molecular flexibility index (Phi) is 3.58. The molecule has 4 heterocycles. The molecule has 3 saturated heterocycles. The van der Waals surface area contributed by atoms with Crippen LogP contribution in [0.25, 0.3) is 0 Å². The van der Waals surface area contributed by atoms with Gasteiger partial charge in [-0.15, -0.1) is 11.3 Å². The van der Waals surface area contributed by atoms with Gasteiger partial charge in [0.05, 0.1) is 5.02 Å². The summed E-state index contributed by atoms with van der Waals surface area (Å²) in [4.78, 5) is 16.6. The van der Waals surface area contributed by atoms with Crippen LogP contribution in [-0.4, -0.2) is 36.0 Å². The van der Waals surface area contributed by atoms with Gasteiger partial charge in [-0.3, -0.25) is 9.69 Å². The fourth-order valence-corrected chi connectivity index (χ4v) is 4.64. The van der Waals surface area contributed by atoms with E-state index in [1.807, 2.05) is 13.0 Å². The molecule has 104 valence electrons. The Bertz CT molecular complexity index is 492. The van der Waals surface area contributed by atoms with E-state index in [-0.39, 0.29) is 11.9 Å². The lowest BCUT2D eigenvalue weighted by Gasteiger charge is -2.49. The largest absolute Gasteiger partial charge is 0.347 e. The molecule has 5 heteroatoms. The average Bonchev–Trinajstić information content (AvgIpc) is 2.73. The van der Waals surface area contributed by atoms with Crippen molar-refractivity contribution < 1.29 is 4.79 Å². The summed E-state index contributed by atoms with van der Waals surface area (Å²) in [6.45, 7) is 6.55. The van der Waals surface area contributed by atoms with E-state index in [0.29, 0.717) is 21.9 Å². The molecule has 3 aliphatic rings. The Labute approximate surface area is 122 Å². The SMILES string of the molecule is Cc1cc(Cl)c(C(=O)N[C@@H]2C3CCN(CC3)[C@@H]2C)s1. The number of rotatable bonds is 2. The van der Waals surface area contributed by atoms with Crippen LogP contribution in [0.1, 0.15) is 34.3 Å². The predicted molar refractivity (Wildman–Crippen MR) is 79.1 cm³/mol. The summed E-state index contributed by atoms with van der Waals surface area (Å²) in [5.41, 5.74) is 0. The number of hydrogen-bond donors (Lipinski definition) is 1. The highest BCUT2D eigenvalue weighted by atomic mass is 35.5. The maximum Gasteiger partial charge on any atom is 0.263 e. The number of amides is 1. The minimum Gasteiger partial charge on any atom is -0.347 e. The van der Waals surface area contributed by atoms with Crippen LogP contribution < -0.4 is 5.32 Å². The van der Waals surface area contributed by atoms with Crippen LogP contribution in [0.5, 0.6) is 0 Å². The van der Waals surface area contributed by atoms with Gasteiger partial charge in [-0.1, -0.05) is 11.6 Å². The van der Waals surface area contributed by atoms with E-state index in [2.05, 4.69) is 17.1 Å². The molecule has 1 amide bonds. The molecule has 3 nitrogen and oxygen atoms in total. The number of nitrogens with zero attached hydrogens (tertiary/aromatic N) is 1. The summed E-state index contributed by atoms with van der Waals surface area (Å²) in [5.74, 6) is 0.623. The second kappa shape index (κ2) is 5.08. The Morgan fingerprint density at radius 2 is 2.16 bits per heavy atom. The fraction of sp³-hybridized carbons (Fsp3) is 0.643. The molecular weight excluding hydrogens is 280 g/mol. The second-order valence-electron chi connectivity index (χ2n) is 5.65. The molecule has 3 aliphatic heterocycles. The lowest BCUT2D eigenvalue weighted by Crippen LogP contribution is -2.62. The predicted octanol–water partition coefficient (Wildman–Crippen LogP) is 2.92. The molecule has 4 rings (SSSR count). The molecule has 1 aromatic heterocycles. The molecule has 0 aromatic carbocycles. The fourth-order valence-electron chi connectivity index (χ4n) is 3.40. The van der Waals surface area contributed by atoms with Gasteiger partial charge in [0, 0.05) is 17.0 Å². The van der Waals surface area contributed by atoms with Gasteiger partial charge in [0.1, 0.15) is 4.88 Å². The molecule has 0 saturated carbocycles. The van der Waals surface area contributed by atoms with Crippen molar-refractivity contribution in [3.05, 3.63) is 20.8 Å². The van der Waals surface area contributed by atoms with E-state index in [1.165, 1.54) is 37.3 Å². The first kappa shape index (κ1) is 13.4. The third kappa shape index (κ3) is 2.41. The molecule has 2 bridgehead atoms. The number of carbonyl (C=O) groups excluding carboxylic acids is 1. The number of halogens is 1. The van der Waals surface area contributed by atoms with E-state index in [1.54, 1.807) is 0 Å². The Hall–Kier alpha value is -0.580. The van der Waals surface area contributed by atoms with E-state index in [0.717, 1.165) is 4.88 Å². The standard InChI is InChI=1S/C14H19ClN2OS/c1-8-7-11(15)13(19-8)14(18)16-12-9(2)17-5-3-10(12)4-6-17/h7,9-10,12H,3-6H2,1-2H3,(H,16,18)/t9-,12+/m1/s1. The van der Waals surface area contributed by atoms with Crippen molar-refractivity contribution in [2.75, 3.05) is 13.1 Å². The normalized spacial score (nSPS) is 33.4. The molecular formula is C14H19ClN2OS. The summed E-state index contributed by atoms with van der Waals surface area (Å²) in [5, 5.41) is 3.79. The summed E-state index contributed by atoms with van der Waals surface area (Å²) >= 11 is 7.59. The molecule has 1 aromatic rings. The van der Waals surface area contributed by atoms with Crippen LogP contribution in [-0.2, 0) is 0 Å². The zero-order chi connectivity index (χ0) is 13.6. The number of thiophene rings is 1. The summed E-state index contributed by atoms with van der Waals surface area (Å²) in [7, 11) is 0. The zero-order valence-corrected chi connectivity index (χ0v) is 12.9. The Morgan fingerprint density at radius 1 is 1.47 bits per heavy atom. The number of hydrogen-bond acceptors (Lipinski definition) is 3. The molecule has 0 unspecified atom stereocenters. The molecule has 0 spiro atoms. The maximum absolute atomic E-state index is 12.4. The van der Waals surface area contributed by atoms with Crippen LogP contribution in [0, 0.1) is 12.8 Å². The van der Waals surface area contributed by atoms with Crippen molar-refractivity contribution in [2.45, 2.75) is 38.8 Å². The number of nitrogens with one attached hydrogen (secondary N) is 1. The molecule has 2 atom stereocenters. The highest BCUT2D eigenvalue weighted by Gasteiger charge is 2.40. The van der Waals surface area contributed by atoms with Gasteiger partial charge in [0.15, 0.2) is 0 Å². The van der Waals surface area contributed by atoms with Gasteiger partial charge in [-0.25, -0.2) is 0 Å². The van der Waals surface area contributed by atoms with E-state index < -0.39 is 0 Å². The second-order valence-corrected chi connectivity index (χ2v) is 7.31. The topological polar surface area (TPSA) is 32.3 Å². The van der Waals surface area contributed by atoms with Crippen LogP contribution in [0.2, 0.25) is 5.02 Å². The van der Waals surface area contributed by atoms with Crippen LogP contribution in [0.3, 0.4) is 0 Å². The van der Waals surface area contributed by atoms with Gasteiger partial charge < -0.3 is 5.32 Å². The minimum atomic E-state index is -0.00583. The monoisotopic (exact) mass is 298 g/mol. The molecule has 0 aliphatic carbocycles.